The van der Waals surface area contributed by atoms with Crippen molar-refractivity contribution >= 4 is 11.6 Å². The van der Waals surface area contributed by atoms with E-state index in [-0.39, 0.29) is 5.88 Å². The maximum absolute atomic E-state index is 10.5. The van der Waals surface area contributed by atoms with Gasteiger partial charge in [0.1, 0.15) is 16.4 Å². The van der Waals surface area contributed by atoms with Crippen molar-refractivity contribution in [3.8, 4) is 5.75 Å². The molecule has 1 aromatic heterocycles. The highest BCUT2D eigenvalue weighted by Gasteiger charge is 2.11. The van der Waals surface area contributed by atoms with Crippen molar-refractivity contribution in [2.24, 2.45) is 0 Å². The fourth-order valence-corrected chi connectivity index (χ4v) is 1.58. The van der Waals surface area contributed by atoms with Gasteiger partial charge in [0.05, 0.1) is 19.2 Å². The van der Waals surface area contributed by atoms with Crippen molar-refractivity contribution in [2.75, 3.05) is 11.9 Å². The molecule has 1 aromatic carbocycles. The van der Waals surface area contributed by atoms with E-state index in [1.54, 1.807) is 6.07 Å². The second kappa shape index (κ2) is 5.90. The zero-order chi connectivity index (χ0) is 13.7. The molecule has 0 saturated heterocycles. The summed E-state index contributed by atoms with van der Waals surface area (Å²) in [7, 11) is 0. The summed E-state index contributed by atoms with van der Waals surface area (Å²) in [5.41, 5.74) is 0.891. The maximum Gasteiger partial charge on any atom is 0.433 e. The van der Waals surface area contributed by atoms with Gasteiger partial charge in [-0.3, -0.25) is 10.1 Å². The average Bonchev–Trinajstić information content (AvgIpc) is 2.87. The summed E-state index contributed by atoms with van der Waals surface area (Å²) in [5, 5.41) is 13.6. The van der Waals surface area contributed by atoms with Crippen LogP contribution in [0.15, 0.2) is 40.8 Å². The van der Waals surface area contributed by atoms with E-state index in [9.17, 15) is 10.1 Å². The smallest absolute Gasteiger partial charge is 0.433 e. The molecule has 0 bridgehead atoms. The fraction of sp³-hybridized carbons (Fsp3) is 0.231. The van der Waals surface area contributed by atoms with Crippen molar-refractivity contribution in [1.29, 1.82) is 0 Å². The van der Waals surface area contributed by atoms with E-state index >= 15 is 0 Å². The van der Waals surface area contributed by atoms with Crippen LogP contribution in [-0.2, 0) is 6.54 Å². The van der Waals surface area contributed by atoms with Crippen LogP contribution in [0.4, 0.5) is 11.6 Å². The molecule has 0 aliphatic carbocycles. The van der Waals surface area contributed by atoms with Gasteiger partial charge in [-0.15, -0.1) is 0 Å². The Morgan fingerprint density at radius 3 is 2.58 bits per heavy atom. The third kappa shape index (κ3) is 3.48. The molecule has 0 radical (unpaired) electrons. The average molecular weight is 262 g/mol. The largest absolute Gasteiger partial charge is 0.494 e. The molecule has 2 rings (SSSR count). The lowest BCUT2D eigenvalue weighted by molar-refractivity contribution is -0.402. The normalized spacial score (nSPS) is 10.2. The van der Waals surface area contributed by atoms with Gasteiger partial charge in [-0.25, -0.2) is 0 Å². The lowest BCUT2D eigenvalue weighted by Crippen LogP contribution is -1.98. The van der Waals surface area contributed by atoms with Gasteiger partial charge in [-0.05, 0) is 37.3 Å². The molecule has 0 fully saturated rings. The molecule has 6 heteroatoms. The molecule has 100 valence electrons. The van der Waals surface area contributed by atoms with Crippen molar-refractivity contribution in [1.82, 2.24) is 0 Å². The second-order valence-electron chi connectivity index (χ2n) is 3.81. The Bertz CT molecular complexity index is 548. The molecule has 0 amide bonds. The number of nitrogens with zero attached hydrogens (tertiary/aromatic N) is 1. The summed E-state index contributed by atoms with van der Waals surface area (Å²) in [6.07, 6.45) is 0. The number of rotatable bonds is 6. The van der Waals surface area contributed by atoms with Gasteiger partial charge >= 0.3 is 5.88 Å². The third-order valence-electron chi connectivity index (χ3n) is 2.46. The van der Waals surface area contributed by atoms with Gasteiger partial charge in [-0.1, -0.05) is 0 Å². The molecule has 0 aliphatic heterocycles. The monoisotopic (exact) mass is 262 g/mol. The zero-order valence-electron chi connectivity index (χ0n) is 10.5. The molecule has 1 heterocycles. The van der Waals surface area contributed by atoms with Gasteiger partial charge in [-0.2, -0.15) is 0 Å². The lowest BCUT2D eigenvalue weighted by Gasteiger charge is -2.06. The first-order valence-corrected chi connectivity index (χ1v) is 5.89. The highest BCUT2D eigenvalue weighted by atomic mass is 16.6. The van der Waals surface area contributed by atoms with Gasteiger partial charge in [0.25, 0.3) is 0 Å². The molecule has 0 saturated carbocycles. The first-order valence-electron chi connectivity index (χ1n) is 5.89. The van der Waals surface area contributed by atoms with E-state index in [1.807, 2.05) is 31.2 Å². The van der Waals surface area contributed by atoms with Gasteiger partial charge in [0.15, 0.2) is 0 Å². The van der Waals surface area contributed by atoms with Crippen molar-refractivity contribution in [3.63, 3.8) is 0 Å². The van der Waals surface area contributed by atoms with E-state index in [0.29, 0.717) is 18.9 Å². The zero-order valence-corrected chi connectivity index (χ0v) is 10.5. The van der Waals surface area contributed by atoms with Crippen LogP contribution in [0.2, 0.25) is 0 Å². The van der Waals surface area contributed by atoms with Gasteiger partial charge < -0.3 is 14.5 Å². The highest BCUT2D eigenvalue weighted by Crippen LogP contribution is 2.19. The SMILES string of the molecule is CCOc1ccc(NCc2ccc([N+](=O)[O-])o2)cc1. The van der Waals surface area contributed by atoms with E-state index in [0.717, 1.165) is 11.4 Å². The Hall–Kier alpha value is -2.50. The van der Waals surface area contributed by atoms with Crippen molar-refractivity contribution < 1.29 is 14.1 Å². The Morgan fingerprint density at radius 1 is 1.26 bits per heavy atom. The summed E-state index contributed by atoms with van der Waals surface area (Å²) < 4.78 is 10.4. The number of benzene rings is 1. The molecule has 0 aliphatic rings. The number of nitro groups is 1. The van der Waals surface area contributed by atoms with Crippen LogP contribution < -0.4 is 10.1 Å². The van der Waals surface area contributed by atoms with Gasteiger partial charge in [0.2, 0.25) is 0 Å². The van der Waals surface area contributed by atoms with Crippen molar-refractivity contribution in [2.45, 2.75) is 13.5 Å². The predicted molar refractivity (Wildman–Crippen MR) is 70.3 cm³/mol. The minimum Gasteiger partial charge on any atom is -0.494 e. The summed E-state index contributed by atoms with van der Waals surface area (Å²) in [6.45, 7) is 2.95. The summed E-state index contributed by atoms with van der Waals surface area (Å²) >= 11 is 0. The molecule has 19 heavy (non-hydrogen) atoms. The Morgan fingerprint density at radius 2 is 2.00 bits per heavy atom. The molecule has 6 nitrogen and oxygen atoms in total. The molecule has 0 atom stereocenters. The number of nitrogens with one attached hydrogen (secondary N) is 1. The van der Waals surface area contributed by atoms with Crippen LogP contribution >= 0.6 is 0 Å². The molecule has 1 N–H and O–H groups in total. The van der Waals surface area contributed by atoms with E-state index in [4.69, 9.17) is 9.15 Å². The minimum absolute atomic E-state index is 0.247. The number of hydrogen-bond donors (Lipinski definition) is 1. The molecule has 0 spiro atoms. The van der Waals surface area contributed by atoms with E-state index in [1.165, 1.54) is 6.07 Å². The standard InChI is InChI=1S/C13H14N2O4/c1-2-18-11-5-3-10(4-6-11)14-9-12-7-8-13(19-12)15(16)17/h3-8,14H,2,9H2,1H3. The summed E-state index contributed by atoms with van der Waals surface area (Å²) in [6, 6.07) is 10.4. The first kappa shape index (κ1) is 12.9. The minimum atomic E-state index is -0.555. The van der Waals surface area contributed by atoms with Gasteiger partial charge in [0, 0.05) is 5.69 Å². The predicted octanol–water partition coefficient (Wildman–Crippen LogP) is 3.20. The quantitative estimate of drug-likeness (QED) is 0.639. The molecule has 0 unspecified atom stereocenters. The van der Waals surface area contributed by atoms with Crippen LogP contribution in [0.5, 0.6) is 5.75 Å². The Kier molecular flexibility index (Phi) is 4.02. The van der Waals surface area contributed by atoms with Crippen molar-refractivity contribution in [3.05, 3.63) is 52.3 Å². The van der Waals surface area contributed by atoms with Crippen LogP contribution in [0.25, 0.3) is 0 Å². The fourth-order valence-electron chi connectivity index (χ4n) is 1.58. The Labute approximate surface area is 110 Å². The third-order valence-corrected chi connectivity index (χ3v) is 2.46. The lowest BCUT2D eigenvalue weighted by atomic mass is 10.3. The highest BCUT2D eigenvalue weighted by molar-refractivity contribution is 5.46. The number of furan rings is 1. The number of hydrogen-bond acceptors (Lipinski definition) is 5. The van der Waals surface area contributed by atoms with Crippen LogP contribution in [0.3, 0.4) is 0 Å². The second-order valence-corrected chi connectivity index (χ2v) is 3.81. The summed E-state index contributed by atoms with van der Waals surface area (Å²) in [4.78, 5) is 9.91. The van der Waals surface area contributed by atoms with Crippen LogP contribution in [0.1, 0.15) is 12.7 Å². The van der Waals surface area contributed by atoms with E-state index < -0.39 is 4.92 Å². The van der Waals surface area contributed by atoms with Crippen LogP contribution in [-0.4, -0.2) is 11.5 Å². The number of ether oxygens (including phenoxy) is 1. The molecule has 2 aromatic rings. The Balaban J connectivity index is 1.92. The maximum atomic E-state index is 10.5. The van der Waals surface area contributed by atoms with Crippen LogP contribution in [0, 0.1) is 10.1 Å². The topological polar surface area (TPSA) is 77.5 Å². The van der Waals surface area contributed by atoms with E-state index in [2.05, 4.69) is 5.32 Å². The molecular weight excluding hydrogens is 248 g/mol. The number of anilines is 1. The summed E-state index contributed by atoms with van der Waals surface area (Å²) in [5.74, 6) is 1.07. The first-order chi connectivity index (χ1) is 9.19. The molecular formula is C13H14N2O4.